The highest BCUT2D eigenvalue weighted by Gasteiger charge is 2.08. The summed E-state index contributed by atoms with van der Waals surface area (Å²) in [6, 6.07) is 3.39. The molecule has 0 bridgehead atoms. The average Bonchev–Trinajstić information content (AvgIpc) is 3.00. The quantitative estimate of drug-likeness (QED) is 0.649. The molecule has 2 rings (SSSR count). The van der Waals surface area contributed by atoms with Gasteiger partial charge in [0.15, 0.2) is 5.96 Å². The third kappa shape index (κ3) is 4.99. The normalized spacial score (nSPS) is 11.8. The van der Waals surface area contributed by atoms with Crippen molar-refractivity contribution in [2.24, 2.45) is 4.99 Å². The first-order valence-electron chi connectivity index (χ1n) is 7.32. The van der Waals surface area contributed by atoms with Crippen molar-refractivity contribution in [2.45, 2.75) is 32.9 Å². The van der Waals surface area contributed by atoms with E-state index >= 15 is 0 Å². The molecule has 124 valence electrons. The van der Waals surface area contributed by atoms with Gasteiger partial charge in [0.2, 0.25) is 0 Å². The van der Waals surface area contributed by atoms with E-state index in [9.17, 15) is 8.78 Å². The molecule has 0 unspecified atom stereocenters. The molecule has 0 radical (unpaired) electrons. The van der Waals surface area contributed by atoms with Gasteiger partial charge < -0.3 is 10.6 Å². The topological polar surface area (TPSA) is 49.3 Å². The first-order chi connectivity index (χ1) is 11.0. The molecule has 0 saturated carbocycles. The zero-order valence-electron chi connectivity index (χ0n) is 13.4. The van der Waals surface area contributed by atoms with Crippen molar-refractivity contribution < 1.29 is 8.78 Å². The number of rotatable bonds is 5. The number of thiazole rings is 1. The zero-order chi connectivity index (χ0) is 16.8. The maximum Gasteiger partial charge on any atom is 0.191 e. The third-order valence-corrected chi connectivity index (χ3v) is 4.37. The van der Waals surface area contributed by atoms with Crippen molar-refractivity contribution in [2.75, 3.05) is 7.05 Å². The van der Waals surface area contributed by atoms with Crippen LogP contribution in [0.25, 0.3) is 0 Å². The first-order valence-corrected chi connectivity index (χ1v) is 8.20. The third-order valence-electron chi connectivity index (χ3n) is 3.18. The van der Waals surface area contributed by atoms with Gasteiger partial charge in [-0.25, -0.2) is 13.8 Å². The number of hydrogen-bond acceptors (Lipinski definition) is 3. The maximum absolute atomic E-state index is 13.6. The molecule has 1 aromatic heterocycles. The largest absolute Gasteiger partial charge is 0.352 e. The predicted octanol–water partition coefficient (Wildman–Crippen LogP) is 3.41. The van der Waals surface area contributed by atoms with Gasteiger partial charge in [0.05, 0.1) is 17.2 Å². The van der Waals surface area contributed by atoms with E-state index in [1.807, 2.05) is 5.38 Å². The molecule has 0 amide bonds. The summed E-state index contributed by atoms with van der Waals surface area (Å²) < 4.78 is 26.7. The van der Waals surface area contributed by atoms with Crippen LogP contribution in [0.1, 0.15) is 36.0 Å². The Morgan fingerprint density at radius 2 is 2.00 bits per heavy atom. The molecule has 0 saturated heterocycles. The summed E-state index contributed by atoms with van der Waals surface area (Å²) in [6.07, 6.45) is 0. The van der Waals surface area contributed by atoms with E-state index in [0.29, 0.717) is 18.4 Å². The lowest BCUT2D eigenvalue weighted by molar-refractivity contribution is 0.581. The van der Waals surface area contributed by atoms with Crippen LogP contribution < -0.4 is 10.6 Å². The number of aliphatic imine (C=N–C) groups is 1. The molecule has 0 atom stereocenters. The van der Waals surface area contributed by atoms with E-state index in [1.165, 1.54) is 6.07 Å². The minimum absolute atomic E-state index is 0.150. The Bertz CT molecular complexity index is 682. The van der Waals surface area contributed by atoms with Crippen molar-refractivity contribution in [3.63, 3.8) is 0 Å². The van der Waals surface area contributed by atoms with Gasteiger partial charge >= 0.3 is 0 Å². The Morgan fingerprint density at radius 3 is 2.65 bits per heavy atom. The summed E-state index contributed by atoms with van der Waals surface area (Å²) in [5.41, 5.74) is 1.18. The fourth-order valence-electron chi connectivity index (χ4n) is 1.92. The number of aromatic nitrogens is 1. The van der Waals surface area contributed by atoms with E-state index in [1.54, 1.807) is 18.4 Å². The SMILES string of the molecule is CN=C(NCc1csc(C(C)C)n1)NCc1cc(F)ccc1F. The lowest BCUT2D eigenvalue weighted by atomic mass is 10.2. The maximum atomic E-state index is 13.6. The zero-order valence-corrected chi connectivity index (χ0v) is 14.2. The van der Waals surface area contributed by atoms with E-state index in [2.05, 4.69) is 34.5 Å². The number of benzene rings is 1. The molecule has 0 aliphatic carbocycles. The molecule has 2 N–H and O–H groups in total. The molecule has 1 heterocycles. The minimum atomic E-state index is -0.463. The average molecular weight is 338 g/mol. The van der Waals surface area contributed by atoms with Crippen LogP contribution in [-0.2, 0) is 13.1 Å². The van der Waals surface area contributed by atoms with E-state index in [-0.39, 0.29) is 12.1 Å². The number of nitrogens with zero attached hydrogens (tertiary/aromatic N) is 2. The molecule has 7 heteroatoms. The Kier molecular flexibility index (Phi) is 6.04. The molecule has 0 fully saturated rings. The molecule has 0 aliphatic rings. The monoisotopic (exact) mass is 338 g/mol. The van der Waals surface area contributed by atoms with Gasteiger partial charge in [-0.15, -0.1) is 11.3 Å². The van der Waals surface area contributed by atoms with Gasteiger partial charge in [0.1, 0.15) is 11.6 Å². The molecule has 0 spiro atoms. The van der Waals surface area contributed by atoms with Crippen LogP contribution in [0.5, 0.6) is 0 Å². The molecule has 0 aliphatic heterocycles. The molecule has 1 aromatic carbocycles. The Labute approximate surface area is 138 Å². The second-order valence-corrected chi connectivity index (χ2v) is 6.24. The highest BCUT2D eigenvalue weighted by atomic mass is 32.1. The van der Waals surface area contributed by atoms with Crippen LogP contribution in [0, 0.1) is 11.6 Å². The van der Waals surface area contributed by atoms with Crippen molar-refractivity contribution in [1.82, 2.24) is 15.6 Å². The van der Waals surface area contributed by atoms with Gasteiger partial charge in [-0.3, -0.25) is 4.99 Å². The number of hydrogen-bond donors (Lipinski definition) is 2. The standard InChI is InChI=1S/C16H20F2N4S/c1-10(2)15-22-13(9-23-15)8-21-16(19-3)20-7-11-6-12(17)4-5-14(11)18/h4-6,9-10H,7-8H2,1-3H3,(H2,19,20,21). The summed E-state index contributed by atoms with van der Waals surface area (Å²) in [5.74, 6) is 0.000150. The van der Waals surface area contributed by atoms with E-state index in [0.717, 1.165) is 22.8 Å². The van der Waals surface area contributed by atoms with Crippen molar-refractivity contribution in [1.29, 1.82) is 0 Å². The summed E-state index contributed by atoms with van der Waals surface area (Å²) in [4.78, 5) is 8.59. The molecule has 2 aromatic rings. The summed E-state index contributed by atoms with van der Waals surface area (Å²) in [5, 5.41) is 9.16. The minimum Gasteiger partial charge on any atom is -0.352 e. The van der Waals surface area contributed by atoms with Crippen LogP contribution >= 0.6 is 11.3 Å². The van der Waals surface area contributed by atoms with Gasteiger partial charge in [0.25, 0.3) is 0 Å². The Hall–Kier alpha value is -2.02. The fourth-order valence-corrected chi connectivity index (χ4v) is 2.76. The molecule has 4 nitrogen and oxygen atoms in total. The number of guanidine groups is 1. The van der Waals surface area contributed by atoms with Crippen molar-refractivity contribution >= 4 is 17.3 Å². The first kappa shape index (κ1) is 17.3. The van der Waals surface area contributed by atoms with Gasteiger partial charge in [-0.05, 0) is 18.2 Å². The Balaban J connectivity index is 1.89. The number of nitrogens with one attached hydrogen (secondary N) is 2. The number of halogens is 2. The Morgan fingerprint density at radius 1 is 1.26 bits per heavy atom. The van der Waals surface area contributed by atoms with Gasteiger partial charge in [-0.1, -0.05) is 13.8 Å². The van der Waals surface area contributed by atoms with Crippen LogP contribution in [0.15, 0.2) is 28.6 Å². The highest BCUT2D eigenvalue weighted by Crippen LogP contribution is 2.18. The fraction of sp³-hybridized carbons (Fsp3) is 0.375. The second-order valence-electron chi connectivity index (χ2n) is 5.35. The predicted molar refractivity (Wildman–Crippen MR) is 89.6 cm³/mol. The summed E-state index contributed by atoms with van der Waals surface area (Å²) >= 11 is 1.63. The molecular formula is C16H20F2N4S. The van der Waals surface area contributed by atoms with Crippen LogP contribution in [0.2, 0.25) is 0 Å². The van der Waals surface area contributed by atoms with E-state index in [4.69, 9.17) is 0 Å². The molecular weight excluding hydrogens is 318 g/mol. The van der Waals surface area contributed by atoms with Crippen LogP contribution in [-0.4, -0.2) is 18.0 Å². The van der Waals surface area contributed by atoms with Crippen molar-refractivity contribution in [3.8, 4) is 0 Å². The van der Waals surface area contributed by atoms with Gasteiger partial charge in [0, 0.05) is 30.5 Å². The van der Waals surface area contributed by atoms with Crippen molar-refractivity contribution in [3.05, 3.63) is 51.5 Å². The van der Waals surface area contributed by atoms with Crippen LogP contribution in [0.3, 0.4) is 0 Å². The molecule has 23 heavy (non-hydrogen) atoms. The lowest BCUT2D eigenvalue weighted by Gasteiger charge is -2.11. The summed E-state index contributed by atoms with van der Waals surface area (Å²) in [7, 11) is 1.62. The van der Waals surface area contributed by atoms with Gasteiger partial charge in [-0.2, -0.15) is 0 Å². The second kappa shape index (κ2) is 8.01. The lowest BCUT2D eigenvalue weighted by Crippen LogP contribution is -2.36. The van der Waals surface area contributed by atoms with E-state index < -0.39 is 11.6 Å². The van der Waals surface area contributed by atoms with Crippen LogP contribution in [0.4, 0.5) is 8.78 Å². The summed E-state index contributed by atoms with van der Waals surface area (Å²) in [6.45, 7) is 4.88. The highest BCUT2D eigenvalue weighted by molar-refractivity contribution is 7.09. The smallest absolute Gasteiger partial charge is 0.191 e.